The highest BCUT2D eigenvalue weighted by Crippen LogP contribution is 2.21. The predicted molar refractivity (Wildman–Crippen MR) is 51.6 cm³/mol. The Morgan fingerprint density at radius 3 is 3.07 bits per heavy atom. The summed E-state index contributed by atoms with van der Waals surface area (Å²) in [6.45, 7) is 0. The van der Waals surface area contributed by atoms with E-state index in [4.69, 9.17) is 4.52 Å². The van der Waals surface area contributed by atoms with Crippen LogP contribution in [-0.4, -0.2) is 15.1 Å². The molecule has 0 saturated heterocycles. The lowest BCUT2D eigenvalue weighted by atomic mass is 10.2. The smallest absolute Gasteiger partial charge is 0.257 e. The summed E-state index contributed by atoms with van der Waals surface area (Å²) < 4.78 is 4.97. The zero-order valence-electron chi connectivity index (χ0n) is 7.27. The Morgan fingerprint density at radius 2 is 2.21 bits per heavy atom. The summed E-state index contributed by atoms with van der Waals surface area (Å²) in [7, 11) is 0. The highest BCUT2D eigenvalue weighted by atomic mass is 16.5. The molecule has 2 heterocycles. The highest BCUT2D eigenvalue weighted by molar-refractivity contribution is 5.83. The molecule has 4 heteroatoms. The van der Waals surface area contributed by atoms with Gasteiger partial charge in [0.1, 0.15) is 0 Å². The van der Waals surface area contributed by atoms with Crippen LogP contribution >= 0.6 is 0 Å². The number of benzene rings is 1. The van der Waals surface area contributed by atoms with Crippen LogP contribution in [0.5, 0.6) is 0 Å². The summed E-state index contributed by atoms with van der Waals surface area (Å²) in [5.41, 5.74) is 2.00. The second kappa shape index (κ2) is 2.70. The lowest BCUT2D eigenvalue weighted by Gasteiger charge is -1.94. The van der Waals surface area contributed by atoms with E-state index in [9.17, 15) is 0 Å². The van der Waals surface area contributed by atoms with Gasteiger partial charge >= 0.3 is 0 Å². The Morgan fingerprint density at radius 1 is 1.21 bits per heavy atom. The first kappa shape index (κ1) is 7.32. The maximum Gasteiger partial charge on any atom is 0.257 e. The van der Waals surface area contributed by atoms with Crippen LogP contribution in [-0.2, 0) is 0 Å². The lowest BCUT2D eigenvalue weighted by Crippen LogP contribution is -1.76. The van der Waals surface area contributed by atoms with Gasteiger partial charge in [-0.15, -0.1) is 0 Å². The van der Waals surface area contributed by atoms with Gasteiger partial charge in [0.2, 0.25) is 0 Å². The van der Waals surface area contributed by atoms with Crippen molar-refractivity contribution in [1.82, 2.24) is 15.1 Å². The van der Waals surface area contributed by atoms with E-state index in [0.29, 0.717) is 5.89 Å². The Hall–Kier alpha value is -2.10. The molecule has 1 aromatic carbocycles. The number of hydrogen-bond donors (Lipinski definition) is 1. The van der Waals surface area contributed by atoms with Crippen molar-refractivity contribution in [3.8, 4) is 11.5 Å². The van der Waals surface area contributed by atoms with Gasteiger partial charge in [0.05, 0.1) is 0 Å². The first-order valence-corrected chi connectivity index (χ1v) is 4.28. The molecule has 0 spiro atoms. The summed E-state index contributed by atoms with van der Waals surface area (Å²) in [5, 5.41) is 4.74. The van der Waals surface area contributed by atoms with Crippen LogP contribution in [0.2, 0.25) is 0 Å². The number of nitrogens with one attached hydrogen (secondary N) is 1. The van der Waals surface area contributed by atoms with Crippen LogP contribution in [0.1, 0.15) is 0 Å². The van der Waals surface area contributed by atoms with Crippen molar-refractivity contribution in [2.24, 2.45) is 0 Å². The molecular formula is C10H7N3O. The van der Waals surface area contributed by atoms with E-state index < -0.39 is 0 Å². The monoisotopic (exact) mass is 185 g/mol. The first-order chi connectivity index (χ1) is 6.93. The summed E-state index contributed by atoms with van der Waals surface area (Å²) in [6.07, 6.45) is 3.30. The van der Waals surface area contributed by atoms with Gasteiger partial charge in [-0.1, -0.05) is 11.2 Å². The van der Waals surface area contributed by atoms with Crippen LogP contribution < -0.4 is 0 Å². The molecule has 0 aliphatic carbocycles. The lowest BCUT2D eigenvalue weighted by molar-refractivity contribution is 0.430. The molecular weight excluding hydrogens is 178 g/mol. The van der Waals surface area contributed by atoms with Gasteiger partial charge in [-0.2, -0.15) is 4.98 Å². The van der Waals surface area contributed by atoms with Gasteiger partial charge in [-0.05, 0) is 23.6 Å². The van der Waals surface area contributed by atoms with E-state index >= 15 is 0 Å². The third-order valence-electron chi connectivity index (χ3n) is 2.16. The maximum atomic E-state index is 4.97. The zero-order valence-corrected chi connectivity index (χ0v) is 7.27. The normalized spacial score (nSPS) is 10.9. The Balaban J connectivity index is 2.23. The number of hydrogen-bond acceptors (Lipinski definition) is 3. The van der Waals surface area contributed by atoms with E-state index in [-0.39, 0.29) is 0 Å². The molecule has 3 aromatic rings. The molecule has 0 radical (unpaired) electrons. The molecule has 0 unspecified atom stereocenters. The second-order valence-electron chi connectivity index (χ2n) is 3.03. The average molecular weight is 185 g/mol. The van der Waals surface area contributed by atoms with Crippen LogP contribution in [0.4, 0.5) is 0 Å². The minimum absolute atomic E-state index is 0.543. The average Bonchev–Trinajstić information content (AvgIpc) is 2.88. The molecule has 3 rings (SSSR count). The van der Waals surface area contributed by atoms with Gasteiger partial charge < -0.3 is 9.51 Å². The van der Waals surface area contributed by atoms with Gasteiger partial charge in [0.15, 0.2) is 6.33 Å². The Labute approximate surface area is 79.6 Å². The zero-order chi connectivity index (χ0) is 9.38. The number of aromatic amines is 1. The molecule has 0 aliphatic rings. The van der Waals surface area contributed by atoms with Crippen LogP contribution in [0, 0.1) is 0 Å². The SMILES string of the molecule is c1noc(-c2ccc3cc[nH]c3c2)n1. The van der Waals surface area contributed by atoms with E-state index in [1.807, 2.05) is 30.5 Å². The number of H-pyrrole nitrogens is 1. The van der Waals surface area contributed by atoms with Crippen LogP contribution in [0.25, 0.3) is 22.4 Å². The topological polar surface area (TPSA) is 54.7 Å². The summed E-state index contributed by atoms with van der Waals surface area (Å²) in [6, 6.07) is 7.99. The summed E-state index contributed by atoms with van der Waals surface area (Å²) in [5.74, 6) is 0.543. The molecule has 4 nitrogen and oxygen atoms in total. The molecule has 0 atom stereocenters. The van der Waals surface area contributed by atoms with E-state index in [2.05, 4.69) is 15.1 Å². The third kappa shape index (κ3) is 1.01. The second-order valence-corrected chi connectivity index (χ2v) is 3.03. The van der Waals surface area contributed by atoms with Crippen LogP contribution in [0.15, 0.2) is 41.3 Å². The minimum atomic E-state index is 0.543. The Bertz CT molecular complexity index is 554. The maximum absolute atomic E-state index is 4.97. The van der Waals surface area contributed by atoms with Gasteiger partial charge in [-0.25, -0.2) is 0 Å². The molecule has 0 fully saturated rings. The minimum Gasteiger partial charge on any atom is -0.361 e. The van der Waals surface area contributed by atoms with Gasteiger partial charge in [0, 0.05) is 17.3 Å². The van der Waals surface area contributed by atoms with Crippen molar-refractivity contribution in [1.29, 1.82) is 0 Å². The van der Waals surface area contributed by atoms with Crippen LogP contribution in [0.3, 0.4) is 0 Å². The number of aromatic nitrogens is 3. The molecule has 0 saturated carbocycles. The van der Waals surface area contributed by atoms with E-state index in [0.717, 1.165) is 11.1 Å². The molecule has 68 valence electrons. The standard InChI is InChI=1S/C10H7N3O/c1-2-8(10-12-6-13-14-10)5-9-7(1)3-4-11-9/h1-6,11H. The molecule has 14 heavy (non-hydrogen) atoms. The van der Waals surface area contributed by atoms with Crippen molar-refractivity contribution in [2.45, 2.75) is 0 Å². The highest BCUT2D eigenvalue weighted by Gasteiger charge is 2.04. The first-order valence-electron chi connectivity index (χ1n) is 4.28. The molecule has 0 amide bonds. The van der Waals surface area contributed by atoms with Crippen molar-refractivity contribution in [3.63, 3.8) is 0 Å². The van der Waals surface area contributed by atoms with E-state index in [1.165, 1.54) is 11.7 Å². The fraction of sp³-hybridized carbons (Fsp3) is 0. The summed E-state index contributed by atoms with van der Waals surface area (Å²) >= 11 is 0. The predicted octanol–water partition coefficient (Wildman–Crippen LogP) is 2.22. The summed E-state index contributed by atoms with van der Waals surface area (Å²) in [4.78, 5) is 7.12. The third-order valence-corrected chi connectivity index (χ3v) is 2.16. The van der Waals surface area contributed by atoms with Crippen molar-refractivity contribution < 1.29 is 4.52 Å². The van der Waals surface area contributed by atoms with Crippen molar-refractivity contribution in [3.05, 3.63) is 36.8 Å². The fourth-order valence-corrected chi connectivity index (χ4v) is 1.48. The Kier molecular flexibility index (Phi) is 1.41. The van der Waals surface area contributed by atoms with E-state index in [1.54, 1.807) is 0 Å². The fourth-order valence-electron chi connectivity index (χ4n) is 1.48. The quantitative estimate of drug-likeness (QED) is 0.632. The number of nitrogens with zero attached hydrogens (tertiary/aromatic N) is 2. The van der Waals surface area contributed by atoms with Crippen molar-refractivity contribution in [2.75, 3.05) is 0 Å². The number of rotatable bonds is 1. The number of fused-ring (bicyclic) bond motifs is 1. The largest absolute Gasteiger partial charge is 0.361 e. The van der Waals surface area contributed by atoms with Crippen molar-refractivity contribution >= 4 is 10.9 Å². The molecule has 1 N–H and O–H groups in total. The molecule has 2 aromatic heterocycles. The van der Waals surface area contributed by atoms with Gasteiger partial charge in [-0.3, -0.25) is 0 Å². The molecule has 0 bridgehead atoms. The molecule has 0 aliphatic heterocycles. The van der Waals surface area contributed by atoms with Gasteiger partial charge in [0.25, 0.3) is 5.89 Å².